The smallest absolute Gasteiger partial charge is 0.234 e. The number of amides is 1. The zero-order chi connectivity index (χ0) is 13.6. The van der Waals surface area contributed by atoms with Gasteiger partial charge in [0.1, 0.15) is 0 Å². The van der Waals surface area contributed by atoms with Crippen molar-refractivity contribution in [3.05, 3.63) is 12.7 Å². The van der Waals surface area contributed by atoms with Crippen LogP contribution in [0.3, 0.4) is 0 Å². The molecule has 1 unspecified atom stereocenters. The van der Waals surface area contributed by atoms with E-state index in [0.29, 0.717) is 19.6 Å². The van der Waals surface area contributed by atoms with Crippen LogP contribution in [0, 0.1) is 0 Å². The first-order valence-corrected chi connectivity index (χ1v) is 7.87. The van der Waals surface area contributed by atoms with Gasteiger partial charge in [-0.25, -0.2) is 13.1 Å². The summed E-state index contributed by atoms with van der Waals surface area (Å²) < 4.78 is 24.9. The molecule has 2 N–H and O–H groups in total. The van der Waals surface area contributed by atoms with Gasteiger partial charge in [-0.2, -0.15) is 0 Å². The van der Waals surface area contributed by atoms with Crippen LogP contribution in [-0.4, -0.2) is 57.7 Å². The fourth-order valence-corrected chi connectivity index (χ4v) is 2.84. The van der Waals surface area contributed by atoms with Crippen molar-refractivity contribution in [2.75, 3.05) is 32.4 Å². The van der Waals surface area contributed by atoms with Gasteiger partial charge in [-0.15, -0.1) is 6.58 Å². The van der Waals surface area contributed by atoms with E-state index in [1.165, 1.54) is 0 Å². The van der Waals surface area contributed by atoms with Crippen molar-refractivity contribution in [1.29, 1.82) is 0 Å². The first kappa shape index (κ1) is 15.1. The summed E-state index contributed by atoms with van der Waals surface area (Å²) in [4.78, 5) is 13.5. The van der Waals surface area contributed by atoms with E-state index in [-0.39, 0.29) is 11.9 Å². The maximum absolute atomic E-state index is 11.5. The van der Waals surface area contributed by atoms with Gasteiger partial charge in [-0.1, -0.05) is 6.08 Å². The summed E-state index contributed by atoms with van der Waals surface area (Å²) in [5.41, 5.74) is 0. The molecule has 1 saturated heterocycles. The van der Waals surface area contributed by atoms with E-state index in [9.17, 15) is 13.2 Å². The normalized spacial score (nSPS) is 21.5. The largest absolute Gasteiger partial charge is 0.352 e. The highest BCUT2D eigenvalue weighted by molar-refractivity contribution is 7.88. The van der Waals surface area contributed by atoms with Gasteiger partial charge in [0.25, 0.3) is 0 Å². The van der Waals surface area contributed by atoms with Gasteiger partial charge in [0.05, 0.1) is 12.8 Å². The zero-order valence-corrected chi connectivity index (χ0v) is 11.5. The van der Waals surface area contributed by atoms with Crippen LogP contribution in [-0.2, 0) is 14.8 Å². The Bertz CT molecular complexity index is 394. The quantitative estimate of drug-likeness (QED) is 0.629. The molecule has 0 radical (unpaired) electrons. The average Bonchev–Trinajstić information content (AvgIpc) is 2.24. The number of piperidine rings is 1. The molecule has 0 bridgehead atoms. The van der Waals surface area contributed by atoms with Crippen LogP contribution >= 0.6 is 0 Å². The number of hydrogen-bond donors (Lipinski definition) is 2. The minimum Gasteiger partial charge on any atom is -0.352 e. The highest BCUT2D eigenvalue weighted by Crippen LogP contribution is 2.10. The molecule has 7 heteroatoms. The highest BCUT2D eigenvalue weighted by Gasteiger charge is 2.23. The van der Waals surface area contributed by atoms with Gasteiger partial charge in [0, 0.05) is 19.1 Å². The maximum Gasteiger partial charge on any atom is 0.234 e. The van der Waals surface area contributed by atoms with Crippen LogP contribution in [0.25, 0.3) is 0 Å². The number of carbonyl (C=O) groups is 1. The molecule has 0 saturated carbocycles. The first-order chi connectivity index (χ1) is 8.40. The van der Waals surface area contributed by atoms with Gasteiger partial charge in [0.2, 0.25) is 15.9 Å². The number of rotatable bonds is 6. The number of hydrogen-bond acceptors (Lipinski definition) is 4. The third-order valence-electron chi connectivity index (χ3n) is 2.70. The number of carbonyl (C=O) groups excluding carboxylic acids is 1. The summed E-state index contributed by atoms with van der Waals surface area (Å²) in [5.74, 6) is -0.0603. The van der Waals surface area contributed by atoms with Crippen LogP contribution < -0.4 is 10.0 Å². The summed E-state index contributed by atoms with van der Waals surface area (Å²) in [5, 5.41) is 2.71. The molecule has 18 heavy (non-hydrogen) atoms. The SMILES string of the molecule is C=CCNC(=O)CN1CCCC(NS(C)(=O)=O)C1. The Morgan fingerprint density at radius 2 is 2.28 bits per heavy atom. The van der Waals surface area contributed by atoms with Crippen molar-refractivity contribution in [1.82, 2.24) is 14.9 Å². The number of nitrogens with one attached hydrogen (secondary N) is 2. The zero-order valence-electron chi connectivity index (χ0n) is 10.7. The molecule has 0 aromatic heterocycles. The van der Waals surface area contributed by atoms with Gasteiger partial charge < -0.3 is 5.32 Å². The lowest BCUT2D eigenvalue weighted by atomic mass is 10.1. The van der Waals surface area contributed by atoms with Crippen molar-refractivity contribution in [2.45, 2.75) is 18.9 Å². The number of nitrogens with zero attached hydrogens (tertiary/aromatic N) is 1. The second-order valence-electron chi connectivity index (χ2n) is 4.56. The fraction of sp³-hybridized carbons (Fsp3) is 0.727. The molecule has 0 aliphatic carbocycles. The summed E-state index contributed by atoms with van der Waals surface area (Å²) in [6.07, 6.45) is 4.49. The van der Waals surface area contributed by atoms with E-state index in [1.807, 2.05) is 4.90 Å². The van der Waals surface area contributed by atoms with Gasteiger partial charge >= 0.3 is 0 Å². The molecule has 6 nitrogen and oxygen atoms in total. The fourth-order valence-electron chi connectivity index (χ4n) is 2.04. The standard InChI is InChI=1S/C11H21N3O3S/c1-3-6-12-11(15)9-14-7-4-5-10(8-14)13-18(2,16)17/h3,10,13H,1,4-9H2,2H3,(H,12,15). The average molecular weight is 275 g/mol. The van der Waals surface area contributed by atoms with Crippen molar-refractivity contribution >= 4 is 15.9 Å². The number of sulfonamides is 1. The monoisotopic (exact) mass is 275 g/mol. The van der Waals surface area contributed by atoms with Crippen molar-refractivity contribution in [3.63, 3.8) is 0 Å². The predicted molar refractivity (Wildman–Crippen MR) is 70.6 cm³/mol. The molecule has 1 amide bonds. The molecule has 104 valence electrons. The maximum atomic E-state index is 11.5. The van der Waals surface area contributed by atoms with Gasteiger partial charge in [0.15, 0.2) is 0 Å². The lowest BCUT2D eigenvalue weighted by molar-refractivity contribution is -0.122. The van der Waals surface area contributed by atoms with Crippen LogP contribution in [0.1, 0.15) is 12.8 Å². The summed E-state index contributed by atoms with van der Waals surface area (Å²) in [7, 11) is -3.18. The topological polar surface area (TPSA) is 78.5 Å². The first-order valence-electron chi connectivity index (χ1n) is 5.98. The summed E-state index contributed by atoms with van der Waals surface area (Å²) in [6.45, 7) is 5.69. The molecular weight excluding hydrogens is 254 g/mol. The molecule has 1 aliphatic heterocycles. The molecule has 1 aliphatic rings. The Hall–Kier alpha value is -0.920. The van der Waals surface area contributed by atoms with E-state index in [2.05, 4.69) is 16.6 Å². The molecule has 0 aromatic rings. The van der Waals surface area contributed by atoms with E-state index in [4.69, 9.17) is 0 Å². The Labute approximate surface area is 108 Å². The van der Waals surface area contributed by atoms with Gasteiger partial charge in [-0.05, 0) is 19.4 Å². The Morgan fingerprint density at radius 1 is 1.56 bits per heavy atom. The second kappa shape index (κ2) is 6.86. The van der Waals surface area contributed by atoms with Crippen molar-refractivity contribution in [3.8, 4) is 0 Å². The van der Waals surface area contributed by atoms with Crippen LogP contribution in [0.2, 0.25) is 0 Å². The van der Waals surface area contributed by atoms with Crippen LogP contribution in [0.5, 0.6) is 0 Å². The lowest BCUT2D eigenvalue weighted by Gasteiger charge is -2.32. The molecule has 1 atom stereocenters. The van der Waals surface area contributed by atoms with Crippen LogP contribution in [0.15, 0.2) is 12.7 Å². The Balaban J connectivity index is 2.39. The second-order valence-corrected chi connectivity index (χ2v) is 6.34. The minimum absolute atomic E-state index is 0.0603. The third kappa shape index (κ3) is 6.13. The molecule has 1 rings (SSSR count). The summed E-state index contributed by atoms with van der Waals surface area (Å²) in [6, 6.07) is -0.0963. The number of likely N-dealkylation sites (tertiary alicyclic amines) is 1. The van der Waals surface area contributed by atoms with E-state index in [0.717, 1.165) is 25.6 Å². The molecular formula is C11H21N3O3S. The van der Waals surface area contributed by atoms with E-state index in [1.54, 1.807) is 6.08 Å². The van der Waals surface area contributed by atoms with Gasteiger partial charge in [-0.3, -0.25) is 9.69 Å². The van der Waals surface area contributed by atoms with E-state index < -0.39 is 10.0 Å². The van der Waals surface area contributed by atoms with Crippen LogP contribution in [0.4, 0.5) is 0 Å². The predicted octanol–water partition coefficient (Wildman–Crippen LogP) is -0.698. The van der Waals surface area contributed by atoms with E-state index >= 15 is 0 Å². The lowest BCUT2D eigenvalue weighted by Crippen LogP contribution is -2.49. The third-order valence-corrected chi connectivity index (χ3v) is 3.46. The molecule has 0 aromatic carbocycles. The Kier molecular flexibility index (Phi) is 5.77. The molecule has 1 fully saturated rings. The summed E-state index contributed by atoms with van der Waals surface area (Å²) >= 11 is 0. The van der Waals surface area contributed by atoms with Crippen molar-refractivity contribution < 1.29 is 13.2 Å². The minimum atomic E-state index is -3.18. The highest BCUT2D eigenvalue weighted by atomic mass is 32.2. The molecule has 1 heterocycles. The van der Waals surface area contributed by atoms with Crippen molar-refractivity contribution in [2.24, 2.45) is 0 Å². The Morgan fingerprint density at radius 3 is 2.89 bits per heavy atom. The molecule has 0 spiro atoms.